The Morgan fingerprint density at radius 2 is 2.45 bits per heavy atom. The summed E-state index contributed by atoms with van der Waals surface area (Å²) < 4.78 is 5.60. The zero-order chi connectivity index (χ0) is 14.4. The Morgan fingerprint density at radius 3 is 3.15 bits per heavy atom. The van der Waals surface area contributed by atoms with Crippen molar-refractivity contribution < 1.29 is 9.53 Å². The molecule has 0 aromatic carbocycles. The Kier molecular flexibility index (Phi) is 5.35. The fraction of sp³-hybridized carbons (Fsp3) is 0.600. The van der Waals surface area contributed by atoms with Crippen LogP contribution in [0.5, 0.6) is 0 Å². The summed E-state index contributed by atoms with van der Waals surface area (Å²) in [6.07, 6.45) is 4.89. The van der Waals surface area contributed by atoms with Gasteiger partial charge in [0.05, 0.1) is 17.7 Å². The molecule has 5 heteroatoms. The molecule has 2 heterocycles. The lowest BCUT2D eigenvalue weighted by molar-refractivity contribution is 0.0712. The zero-order valence-corrected chi connectivity index (χ0v) is 12.2. The number of nitrogens with one attached hydrogen (secondary N) is 2. The van der Waals surface area contributed by atoms with Crippen LogP contribution < -0.4 is 10.6 Å². The van der Waals surface area contributed by atoms with Gasteiger partial charge >= 0.3 is 0 Å². The number of aromatic nitrogens is 1. The van der Waals surface area contributed by atoms with Crippen LogP contribution in [0, 0.1) is 0 Å². The van der Waals surface area contributed by atoms with Crippen LogP contribution in [0.4, 0.5) is 5.82 Å². The van der Waals surface area contributed by atoms with Gasteiger partial charge in [-0.3, -0.25) is 4.79 Å². The highest BCUT2D eigenvalue weighted by atomic mass is 16.5. The number of amides is 1. The Bertz CT molecular complexity index is 444. The topological polar surface area (TPSA) is 63.2 Å². The average molecular weight is 277 g/mol. The van der Waals surface area contributed by atoms with Gasteiger partial charge in [0.15, 0.2) is 0 Å². The molecule has 2 unspecified atom stereocenters. The molecule has 1 aliphatic heterocycles. The van der Waals surface area contributed by atoms with E-state index < -0.39 is 0 Å². The molecular formula is C15H23N3O2. The van der Waals surface area contributed by atoms with Crippen LogP contribution in [-0.2, 0) is 4.74 Å². The number of anilines is 1. The first kappa shape index (κ1) is 14.8. The van der Waals surface area contributed by atoms with Crippen LogP contribution in [0.25, 0.3) is 0 Å². The monoisotopic (exact) mass is 277 g/mol. The first-order chi connectivity index (χ1) is 9.72. The minimum absolute atomic E-state index is 0.0178. The smallest absolute Gasteiger partial charge is 0.255 e. The third kappa shape index (κ3) is 3.70. The molecule has 5 nitrogen and oxygen atoms in total. The van der Waals surface area contributed by atoms with Gasteiger partial charge in [-0.25, -0.2) is 4.98 Å². The number of pyridine rings is 1. The maximum absolute atomic E-state index is 12.3. The van der Waals surface area contributed by atoms with Crippen molar-refractivity contribution >= 4 is 11.7 Å². The minimum atomic E-state index is -0.0975. The molecule has 0 spiro atoms. The Morgan fingerprint density at radius 1 is 1.60 bits per heavy atom. The number of carbonyl (C=O) groups excluding carboxylic acids is 1. The van der Waals surface area contributed by atoms with Crippen molar-refractivity contribution in [3.63, 3.8) is 0 Å². The van der Waals surface area contributed by atoms with E-state index in [9.17, 15) is 4.79 Å². The van der Waals surface area contributed by atoms with E-state index in [1.165, 1.54) is 0 Å². The van der Waals surface area contributed by atoms with Gasteiger partial charge in [-0.2, -0.15) is 0 Å². The van der Waals surface area contributed by atoms with Gasteiger partial charge in [-0.15, -0.1) is 0 Å². The van der Waals surface area contributed by atoms with E-state index in [4.69, 9.17) is 4.74 Å². The maximum atomic E-state index is 12.3. The Labute approximate surface area is 120 Å². The lowest BCUT2D eigenvalue weighted by atomic mass is 10.1. The molecule has 1 aliphatic rings. The standard InChI is InChI=1S/C15H23N3O2/c1-3-8-16-14-12(6-4-9-17-14)15(19)18-11(2)13-7-5-10-20-13/h4,6,9,11,13H,3,5,7-8,10H2,1-2H3,(H,16,17)(H,18,19). The SMILES string of the molecule is CCCNc1ncccc1C(=O)NC(C)C1CCCO1. The van der Waals surface area contributed by atoms with Crippen molar-refractivity contribution in [2.45, 2.75) is 45.3 Å². The van der Waals surface area contributed by atoms with Crippen LogP contribution in [0.2, 0.25) is 0 Å². The molecule has 20 heavy (non-hydrogen) atoms. The molecule has 1 fully saturated rings. The van der Waals surface area contributed by atoms with Crippen LogP contribution >= 0.6 is 0 Å². The molecule has 110 valence electrons. The average Bonchev–Trinajstić information content (AvgIpc) is 2.99. The van der Waals surface area contributed by atoms with Gasteiger partial charge in [0, 0.05) is 19.3 Å². The van der Waals surface area contributed by atoms with E-state index in [2.05, 4.69) is 22.5 Å². The quantitative estimate of drug-likeness (QED) is 0.836. The molecule has 0 aliphatic carbocycles. The number of hydrogen-bond acceptors (Lipinski definition) is 4. The van der Waals surface area contributed by atoms with E-state index >= 15 is 0 Å². The molecule has 1 aromatic heterocycles. The van der Waals surface area contributed by atoms with E-state index in [1.54, 1.807) is 18.3 Å². The number of ether oxygens (including phenoxy) is 1. The van der Waals surface area contributed by atoms with E-state index in [-0.39, 0.29) is 18.1 Å². The number of carbonyl (C=O) groups is 1. The predicted octanol–water partition coefficient (Wildman–Crippen LogP) is 2.20. The molecule has 2 rings (SSSR count). The summed E-state index contributed by atoms with van der Waals surface area (Å²) in [4.78, 5) is 16.6. The zero-order valence-electron chi connectivity index (χ0n) is 12.2. The van der Waals surface area contributed by atoms with Gasteiger partial charge < -0.3 is 15.4 Å². The normalized spacial score (nSPS) is 19.6. The largest absolute Gasteiger partial charge is 0.376 e. The van der Waals surface area contributed by atoms with E-state index in [0.717, 1.165) is 32.4 Å². The van der Waals surface area contributed by atoms with Crippen molar-refractivity contribution in [3.05, 3.63) is 23.9 Å². The van der Waals surface area contributed by atoms with Crippen molar-refractivity contribution in [2.75, 3.05) is 18.5 Å². The Hall–Kier alpha value is -1.62. The van der Waals surface area contributed by atoms with Crippen molar-refractivity contribution in [1.82, 2.24) is 10.3 Å². The second kappa shape index (κ2) is 7.24. The number of hydrogen-bond donors (Lipinski definition) is 2. The molecule has 0 bridgehead atoms. The van der Waals surface area contributed by atoms with Crippen molar-refractivity contribution in [3.8, 4) is 0 Å². The summed E-state index contributed by atoms with van der Waals surface area (Å²) >= 11 is 0. The van der Waals surface area contributed by atoms with Gasteiger partial charge in [0.1, 0.15) is 5.82 Å². The van der Waals surface area contributed by atoms with Crippen LogP contribution in [0.15, 0.2) is 18.3 Å². The van der Waals surface area contributed by atoms with Gasteiger partial charge in [0.25, 0.3) is 5.91 Å². The first-order valence-electron chi connectivity index (χ1n) is 7.33. The number of nitrogens with zero attached hydrogens (tertiary/aromatic N) is 1. The summed E-state index contributed by atoms with van der Waals surface area (Å²) in [5, 5.41) is 6.19. The van der Waals surface area contributed by atoms with Crippen LogP contribution in [0.1, 0.15) is 43.5 Å². The first-order valence-corrected chi connectivity index (χ1v) is 7.33. The fourth-order valence-corrected chi connectivity index (χ4v) is 2.35. The highest BCUT2D eigenvalue weighted by Crippen LogP contribution is 2.17. The molecule has 1 amide bonds. The molecule has 1 saturated heterocycles. The number of rotatable bonds is 6. The Balaban J connectivity index is 2.00. The van der Waals surface area contributed by atoms with Crippen LogP contribution in [0.3, 0.4) is 0 Å². The van der Waals surface area contributed by atoms with Gasteiger partial charge in [-0.05, 0) is 38.3 Å². The fourth-order valence-electron chi connectivity index (χ4n) is 2.35. The molecule has 2 atom stereocenters. The van der Waals surface area contributed by atoms with E-state index in [0.29, 0.717) is 11.4 Å². The van der Waals surface area contributed by atoms with Gasteiger partial charge in [0.2, 0.25) is 0 Å². The van der Waals surface area contributed by atoms with Gasteiger partial charge in [-0.1, -0.05) is 6.92 Å². The minimum Gasteiger partial charge on any atom is -0.376 e. The molecule has 2 N–H and O–H groups in total. The lowest BCUT2D eigenvalue weighted by Gasteiger charge is -2.20. The second-order valence-corrected chi connectivity index (χ2v) is 5.14. The highest BCUT2D eigenvalue weighted by Gasteiger charge is 2.24. The van der Waals surface area contributed by atoms with Crippen molar-refractivity contribution in [2.24, 2.45) is 0 Å². The third-order valence-electron chi connectivity index (χ3n) is 3.48. The van der Waals surface area contributed by atoms with Crippen molar-refractivity contribution in [1.29, 1.82) is 0 Å². The summed E-state index contributed by atoms with van der Waals surface area (Å²) in [6, 6.07) is 3.59. The molecular weight excluding hydrogens is 254 g/mol. The third-order valence-corrected chi connectivity index (χ3v) is 3.48. The molecule has 1 aromatic rings. The lowest BCUT2D eigenvalue weighted by Crippen LogP contribution is -2.41. The highest BCUT2D eigenvalue weighted by molar-refractivity contribution is 5.98. The maximum Gasteiger partial charge on any atom is 0.255 e. The molecule has 0 saturated carbocycles. The summed E-state index contributed by atoms with van der Waals surface area (Å²) in [5.41, 5.74) is 0.589. The summed E-state index contributed by atoms with van der Waals surface area (Å²) in [7, 11) is 0. The predicted molar refractivity (Wildman–Crippen MR) is 78.9 cm³/mol. The van der Waals surface area contributed by atoms with E-state index in [1.807, 2.05) is 6.92 Å². The molecule has 0 radical (unpaired) electrons. The summed E-state index contributed by atoms with van der Waals surface area (Å²) in [6.45, 7) is 5.66. The summed E-state index contributed by atoms with van der Waals surface area (Å²) in [5.74, 6) is 0.547. The second-order valence-electron chi connectivity index (χ2n) is 5.14. The van der Waals surface area contributed by atoms with Crippen LogP contribution in [-0.4, -0.2) is 36.2 Å².